The van der Waals surface area contributed by atoms with Gasteiger partial charge >= 0.3 is 0 Å². The highest BCUT2D eigenvalue weighted by Gasteiger charge is 2.41. The molecule has 1 aromatic heterocycles. The van der Waals surface area contributed by atoms with E-state index in [0.29, 0.717) is 33.5 Å². The number of hydrogen-bond donors (Lipinski definition) is 1. The number of para-hydroxylation sites is 1. The molecule has 0 spiro atoms. The Labute approximate surface area is 162 Å². The summed E-state index contributed by atoms with van der Waals surface area (Å²) in [6.45, 7) is 5.53. The van der Waals surface area contributed by atoms with Gasteiger partial charge < -0.3 is 9.73 Å². The van der Waals surface area contributed by atoms with Crippen LogP contribution in [0.2, 0.25) is 0 Å². The number of anilines is 1. The van der Waals surface area contributed by atoms with Crippen molar-refractivity contribution in [3.8, 4) is 6.07 Å². The minimum atomic E-state index is -0.626. The molecule has 0 radical (unpaired) electrons. The van der Waals surface area contributed by atoms with E-state index < -0.39 is 11.8 Å². The summed E-state index contributed by atoms with van der Waals surface area (Å²) in [6.07, 6.45) is 3.31. The molecule has 0 bridgehead atoms. The Morgan fingerprint density at radius 2 is 2.15 bits per heavy atom. The van der Waals surface area contributed by atoms with E-state index in [1.165, 1.54) is 11.8 Å². The first-order chi connectivity index (χ1) is 13.2. The zero-order valence-corrected chi connectivity index (χ0v) is 15.7. The molecule has 2 atom stereocenters. The van der Waals surface area contributed by atoms with Crippen molar-refractivity contribution in [3.63, 3.8) is 0 Å². The number of benzene rings is 1. The Kier molecular flexibility index (Phi) is 5.94. The lowest BCUT2D eigenvalue weighted by molar-refractivity contribution is -0.118. The fraction of sp³-hybridized carbons (Fsp3) is 0.190. The lowest BCUT2D eigenvalue weighted by atomic mass is 9.79. The number of nitriles is 1. The predicted octanol–water partition coefficient (Wildman–Crippen LogP) is 4.75. The van der Waals surface area contributed by atoms with Crippen LogP contribution in [-0.4, -0.2) is 17.4 Å². The lowest BCUT2D eigenvalue weighted by Crippen LogP contribution is -2.36. The van der Waals surface area contributed by atoms with Gasteiger partial charge in [-0.2, -0.15) is 5.26 Å². The maximum absolute atomic E-state index is 13.1. The second-order valence-electron chi connectivity index (χ2n) is 6.01. The standard InChI is InChI=1S/C21H19N3O2S/c1-3-12-27-21-16(13-22)19(17-10-7-11-26-17)18(14(2)23-21)20(25)24-15-8-5-4-6-9-15/h3-11,18-19H,1,12H2,2H3,(H,24,25)/t18?,19-/m0/s1. The minimum absolute atomic E-state index is 0.218. The van der Waals surface area contributed by atoms with E-state index in [1.807, 2.05) is 37.3 Å². The van der Waals surface area contributed by atoms with Crippen molar-refractivity contribution in [3.05, 3.63) is 77.7 Å². The van der Waals surface area contributed by atoms with Gasteiger partial charge in [0.15, 0.2) is 0 Å². The van der Waals surface area contributed by atoms with Crippen LogP contribution in [-0.2, 0) is 4.79 Å². The Morgan fingerprint density at radius 3 is 2.78 bits per heavy atom. The molecule has 136 valence electrons. The van der Waals surface area contributed by atoms with E-state index in [-0.39, 0.29) is 5.91 Å². The van der Waals surface area contributed by atoms with Gasteiger partial charge in [0.1, 0.15) is 10.8 Å². The molecule has 1 aliphatic heterocycles. The van der Waals surface area contributed by atoms with Gasteiger partial charge in [-0.15, -0.1) is 18.3 Å². The number of carbonyl (C=O) groups excluding carboxylic acids is 1. The molecular weight excluding hydrogens is 358 g/mol. The molecule has 1 unspecified atom stereocenters. The first kappa shape index (κ1) is 18.7. The van der Waals surface area contributed by atoms with Crippen LogP contribution in [0.15, 0.2) is 81.4 Å². The molecule has 0 saturated heterocycles. The summed E-state index contributed by atoms with van der Waals surface area (Å²) in [5.41, 5.74) is 1.79. The molecule has 6 heteroatoms. The minimum Gasteiger partial charge on any atom is -0.469 e. The van der Waals surface area contributed by atoms with Crippen LogP contribution in [0.25, 0.3) is 0 Å². The normalized spacial score (nSPS) is 19.2. The van der Waals surface area contributed by atoms with Crippen molar-refractivity contribution >= 4 is 29.1 Å². The summed E-state index contributed by atoms with van der Waals surface area (Å²) in [5.74, 6) is -0.157. The Balaban J connectivity index is 2.01. The van der Waals surface area contributed by atoms with Gasteiger partial charge in [-0.1, -0.05) is 24.3 Å². The maximum Gasteiger partial charge on any atom is 0.234 e. The molecule has 1 N–H and O–H groups in total. The van der Waals surface area contributed by atoms with Crippen LogP contribution in [0.5, 0.6) is 0 Å². The number of aliphatic imine (C=N–C) groups is 1. The number of carbonyl (C=O) groups is 1. The van der Waals surface area contributed by atoms with E-state index in [2.05, 4.69) is 23.0 Å². The first-order valence-electron chi connectivity index (χ1n) is 8.48. The van der Waals surface area contributed by atoms with Crippen LogP contribution in [0.3, 0.4) is 0 Å². The molecule has 27 heavy (non-hydrogen) atoms. The monoisotopic (exact) mass is 377 g/mol. The van der Waals surface area contributed by atoms with Crippen molar-refractivity contribution < 1.29 is 9.21 Å². The number of thioether (sulfide) groups is 1. The molecule has 3 rings (SSSR count). The van der Waals surface area contributed by atoms with Crippen LogP contribution < -0.4 is 5.32 Å². The molecule has 0 saturated carbocycles. The zero-order valence-electron chi connectivity index (χ0n) is 14.9. The van der Waals surface area contributed by atoms with Gasteiger partial charge in [-0.05, 0) is 31.2 Å². The summed E-state index contributed by atoms with van der Waals surface area (Å²) in [4.78, 5) is 17.6. The predicted molar refractivity (Wildman–Crippen MR) is 108 cm³/mol. The van der Waals surface area contributed by atoms with Crippen LogP contribution in [0, 0.1) is 17.2 Å². The van der Waals surface area contributed by atoms with Gasteiger partial charge in [0.05, 0.1) is 29.7 Å². The summed E-state index contributed by atoms with van der Waals surface area (Å²) in [7, 11) is 0. The van der Waals surface area contributed by atoms with Crippen LogP contribution >= 0.6 is 11.8 Å². The Bertz CT molecular complexity index is 924. The third-order valence-electron chi connectivity index (χ3n) is 4.23. The summed E-state index contributed by atoms with van der Waals surface area (Å²) < 4.78 is 5.59. The van der Waals surface area contributed by atoms with Gasteiger partial charge in [0, 0.05) is 17.2 Å². The number of furan rings is 1. The van der Waals surface area contributed by atoms with E-state index in [0.717, 1.165) is 0 Å². The number of hydrogen-bond acceptors (Lipinski definition) is 5. The van der Waals surface area contributed by atoms with Crippen molar-refractivity contribution in [2.75, 3.05) is 11.1 Å². The Hall–Kier alpha value is -3.04. The van der Waals surface area contributed by atoms with Gasteiger partial charge in [-0.3, -0.25) is 4.79 Å². The quantitative estimate of drug-likeness (QED) is 0.737. The average molecular weight is 377 g/mol. The Morgan fingerprint density at radius 1 is 1.37 bits per heavy atom. The van der Waals surface area contributed by atoms with Crippen molar-refractivity contribution in [1.29, 1.82) is 5.26 Å². The molecule has 1 aromatic carbocycles. The number of nitrogens with one attached hydrogen (secondary N) is 1. The molecule has 0 fully saturated rings. The first-order valence-corrected chi connectivity index (χ1v) is 9.46. The summed E-state index contributed by atoms with van der Waals surface area (Å²) >= 11 is 1.43. The largest absolute Gasteiger partial charge is 0.469 e. The van der Waals surface area contributed by atoms with Gasteiger partial charge in [0.25, 0.3) is 0 Å². The highest BCUT2D eigenvalue weighted by atomic mass is 32.2. The number of allylic oxidation sites excluding steroid dienone is 1. The number of amides is 1. The topological polar surface area (TPSA) is 78.4 Å². The van der Waals surface area contributed by atoms with Crippen molar-refractivity contribution in [2.24, 2.45) is 10.9 Å². The molecule has 1 aliphatic rings. The maximum atomic E-state index is 13.1. The number of rotatable bonds is 6. The molecule has 2 heterocycles. The fourth-order valence-electron chi connectivity index (χ4n) is 3.05. The molecule has 2 aromatic rings. The second kappa shape index (κ2) is 8.56. The molecule has 0 aliphatic carbocycles. The van der Waals surface area contributed by atoms with E-state index >= 15 is 0 Å². The van der Waals surface area contributed by atoms with Crippen LogP contribution in [0.4, 0.5) is 5.69 Å². The molecule has 5 nitrogen and oxygen atoms in total. The zero-order chi connectivity index (χ0) is 19.2. The summed E-state index contributed by atoms with van der Waals surface area (Å²) in [5, 5.41) is 13.3. The lowest BCUT2D eigenvalue weighted by Gasteiger charge is -2.29. The molecule has 1 amide bonds. The highest BCUT2D eigenvalue weighted by molar-refractivity contribution is 8.03. The second-order valence-corrected chi connectivity index (χ2v) is 7.02. The summed E-state index contributed by atoms with van der Waals surface area (Å²) in [6, 6.07) is 15.0. The average Bonchev–Trinajstić information content (AvgIpc) is 3.20. The third-order valence-corrected chi connectivity index (χ3v) is 5.22. The third kappa shape index (κ3) is 4.04. The fourth-order valence-corrected chi connectivity index (χ4v) is 3.87. The number of nitrogens with zero attached hydrogens (tertiary/aromatic N) is 2. The van der Waals surface area contributed by atoms with Crippen molar-refractivity contribution in [1.82, 2.24) is 0 Å². The van der Waals surface area contributed by atoms with Crippen LogP contribution in [0.1, 0.15) is 18.6 Å². The van der Waals surface area contributed by atoms with Gasteiger partial charge in [-0.25, -0.2) is 4.99 Å². The van der Waals surface area contributed by atoms with E-state index in [1.54, 1.807) is 24.5 Å². The highest BCUT2D eigenvalue weighted by Crippen LogP contribution is 2.42. The van der Waals surface area contributed by atoms with Crippen molar-refractivity contribution in [2.45, 2.75) is 12.8 Å². The SMILES string of the molecule is C=CCSC1=C(C#N)[C@@H](c2ccco2)C(C(=O)Nc2ccccc2)C(C)=N1. The van der Waals surface area contributed by atoms with E-state index in [9.17, 15) is 10.1 Å². The smallest absolute Gasteiger partial charge is 0.234 e. The van der Waals surface area contributed by atoms with Gasteiger partial charge in [0.2, 0.25) is 5.91 Å². The molecular formula is C21H19N3O2S. The van der Waals surface area contributed by atoms with E-state index in [4.69, 9.17) is 4.42 Å².